The molecule has 4 aromatic rings. The Morgan fingerprint density at radius 2 is 1.90 bits per heavy atom. The van der Waals surface area contributed by atoms with Gasteiger partial charge in [-0.15, -0.1) is 0 Å². The van der Waals surface area contributed by atoms with Gasteiger partial charge in [-0.3, -0.25) is 24.2 Å². The standard InChI is InChI=1S/C35H34F3N9O3/c1-19-8-9-27(35(36,37)38)43-32(19)44-33(49)26-12-34-13-28(34)47(26)29(48)17-46-31-22(30(45-46)25-16-41-25)11-24(21-14-39-20(2)40-15-21)42-23(31)7-5-3-4-6-10-50-18-34/h4,6,8-9,11,14-16,25-26,28H,3,5,7,10,12-13,17-18H2,1-2H3,(H,43,44,49)/b6-4+/t25?,26-,28+,34-/m0/s1. The molecule has 258 valence electrons. The molecule has 4 aliphatic rings. The summed E-state index contributed by atoms with van der Waals surface area (Å²) < 4.78 is 48.1. The fraction of sp³-hybridized carbons (Fsp3) is 0.429. The first-order valence-electron chi connectivity index (χ1n) is 16.6. The van der Waals surface area contributed by atoms with Crippen LogP contribution in [0.5, 0.6) is 0 Å². The Kier molecular flexibility index (Phi) is 7.77. The predicted molar refractivity (Wildman–Crippen MR) is 176 cm³/mol. The van der Waals surface area contributed by atoms with E-state index in [4.69, 9.17) is 14.8 Å². The molecule has 15 heteroatoms. The third-order valence-corrected chi connectivity index (χ3v) is 9.96. The van der Waals surface area contributed by atoms with E-state index in [-0.39, 0.29) is 30.4 Å². The van der Waals surface area contributed by atoms with Gasteiger partial charge in [0.2, 0.25) is 11.8 Å². The van der Waals surface area contributed by atoms with Crippen molar-refractivity contribution in [3.05, 3.63) is 71.2 Å². The molecule has 4 atom stereocenters. The fourth-order valence-electron chi connectivity index (χ4n) is 7.22. The van der Waals surface area contributed by atoms with Crippen LogP contribution in [0.15, 0.2) is 47.7 Å². The second-order valence-electron chi connectivity index (χ2n) is 13.5. The lowest BCUT2D eigenvalue weighted by Crippen LogP contribution is -2.47. The third-order valence-electron chi connectivity index (χ3n) is 9.96. The number of hydrogen-bond donors (Lipinski definition) is 1. The van der Waals surface area contributed by atoms with Crippen LogP contribution < -0.4 is 5.32 Å². The number of aryl methyl sites for hydroxylation is 3. The lowest BCUT2D eigenvalue weighted by molar-refractivity contribution is -0.141. The topological polar surface area (TPSA) is 140 Å². The number of aliphatic imine (C=N–C) groups is 1. The van der Waals surface area contributed by atoms with Crippen LogP contribution in [0, 0.1) is 19.3 Å². The van der Waals surface area contributed by atoms with Crippen molar-refractivity contribution >= 4 is 34.7 Å². The number of aromatic nitrogens is 6. The number of anilines is 1. The van der Waals surface area contributed by atoms with Gasteiger partial charge in [0, 0.05) is 41.0 Å². The van der Waals surface area contributed by atoms with E-state index in [1.165, 1.54) is 6.07 Å². The molecule has 50 heavy (non-hydrogen) atoms. The van der Waals surface area contributed by atoms with Crippen molar-refractivity contribution in [2.45, 2.75) is 76.8 Å². The minimum atomic E-state index is -4.68. The first kappa shape index (κ1) is 32.2. The molecule has 2 amide bonds. The van der Waals surface area contributed by atoms with E-state index < -0.39 is 29.2 Å². The Morgan fingerprint density at radius 1 is 1.10 bits per heavy atom. The molecule has 1 N–H and O–H groups in total. The lowest BCUT2D eigenvalue weighted by atomic mass is 10.00. The molecule has 8 rings (SSSR count). The number of carbonyl (C=O) groups is 2. The number of rotatable bonds is 4. The van der Waals surface area contributed by atoms with Crippen molar-refractivity contribution in [3.63, 3.8) is 0 Å². The highest BCUT2D eigenvalue weighted by molar-refractivity contribution is 5.99. The number of pyridine rings is 2. The molecule has 3 aliphatic heterocycles. The molecule has 2 fully saturated rings. The van der Waals surface area contributed by atoms with E-state index in [0.29, 0.717) is 55.3 Å². The summed E-state index contributed by atoms with van der Waals surface area (Å²) in [7, 11) is 0. The number of amides is 2. The summed E-state index contributed by atoms with van der Waals surface area (Å²) >= 11 is 0. The van der Waals surface area contributed by atoms with E-state index in [1.54, 1.807) is 35.1 Å². The van der Waals surface area contributed by atoms with Gasteiger partial charge in [0.05, 0.1) is 30.1 Å². The lowest BCUT2D eigenvalue weighted by Gasteiger charge is -2.27. The van der Waals surface area contributed by atoms with Crippen molar-refractivity contribution in [1.82, 2.24) is 34.6 Å². The van der Waals surface area contributed by atoms with Gasteiger partial charge < -0.3 is 15.0 Å². The van der Waals surface area contributed by atoms with Crippen LogP contribution in [0.1, 0.15) is 60.2 Å². The SMILES string of the molecule is Cc1ncc(-c2cc3c(C4C=N4)nn4c3c(n2)CCC/C=C/COC[C@@]23C[C@@H](C(=O)Nc5nc(C(F)(F)F)ccc5C)N(C(=O)C4)[C@@H]2C3)cn1. The normalized spacial score (nSPS) is 25.4. The van der Waals surface area contributed by atoms with Crippen LogP contribution in [-0.2, 0) is 33.5 Å². The van der Waals surface area contributed by atoms with Gasteiger partial charge in [0.15, 0.2) is 0 Å². The molecule has 1 unspecified atom stereocenters. The smallest absolute Gasteiger partial charge is 0.377 e. The number of nitrogens with one attached hydrogen (secondary N) is 1. The monoisotopic (exact) mass is 685 g/mol. The van der Waals surface area contributed by atoms with Gasteiger partial charge in [0.1, 0.15) is 41.7 Å². The molecular weight excluding hydrogens is 651 g/mol. The van der Waals surface area contributed by atoms with Crippen LogP contribution >= 0.6 is 0 Å². The van der Waals surface area contributed by atoms with E-state index in [9.17, 15) is 22.8 Å². The van der Waals surface area contributed by atoms with E-state index >= 15 is 0 Å². The summed E-state index contributed by atoms with van der Waals surface area (Å²) in [5.41, 5.74) is 2.48. The average molecular weight is 686 g/mol. The maximum atomic E-state index is 14.4. The van der Waals surface area contributed by atoms with Gasteiger partial charge in [0.25, 0.3) is 0 Å². The number of ether oxygens (including phenoxy) is 1. The van der Waals surface area contributed by atoms with E-state index in [1.807, 2.05) is 19.1 Å². The molecular formula is C35H34F3N9O3. The van der Waals surface area contributed by atoms with E-state index in [0.717, 1.165) is 41.1 Å². The Hall–Kier alpha value is -5.05. The number of carbonyl (C=O) groups excluding carboxylic acids is 2. The van der Waals surface area contributed by atoms with Gasteiger partial charge in [-0.05, 0) is 63.6 Å². The van der Waals surface area contributed by atoms with Gasteiger partial charge in [-0.1, -0.05) is 18.2 Å². The second-order valence-corrected chi connectivity index (χ2v) is 13.5. The molecule has 1 saturated carbocycles. The summed E-state index contributed by atoms with van der Waals surface area (Å²) in [6.45, 7) is 3.96. The fourth-order valence-corrected chi connectivity index (χ4v) is 7.22. The minimum Gasteiger partial charge on any atom is -0.377 e. The molecule has 0 spiro atoms. The minimum absolute atomic E-state index is 0.164. The highest BCUT2D eigenvalue weighted by Gasteiger charge is 2.67. The highest BCUT2D eigenvalue weighted by Crippen LogP contribution is 2.60. The van der Waals surface area contributed by atoms with Crippen LogP contribution in [0.2, 0.25) is 0 Å². The summed E-state index contributed by atoms with van der Waals surface area (Å²) in [6.07, 6.45) is 7.81. The Labute approximate surface area is 284 Å². The van der Waals surface area contributed by atoms with Gasteiger partial charge >= 0.3 is 6.18 Å². The Morgan fingerprint density at radius 3 is 2.66 bits per heavy atom. The molecule has 12 nitrogen and oxygen atoms in total. The van der Waals surface area contributed by atoms with Crippen LogP contribution in [0.4, 0.5) is 19.0 Å². The number of alkyl halides is 3. The molecule has 1 saturated heterocycles. The van der Waals surface area contributed by atoms with Crippen molar-refractivity contribution in [3.8, 4) is 11.3 Å². The summed E-state index contributed by atoms with van der Waals surface area (Å²) in [5.74, 6) is -0.469. The van der Waals surface area contributed by atoms with Crippen LogP contribution in [-0.4, -0.2) is 77.9 Å². The molecule has 4 aromatic heterocycles. The van der Waals surface area contributed by atoms with Crippen molar-refractivity contribution in [2.75, 3.05) is 18.5 Å². The maximum Gasteiger partial charge on any atom is 0.433 e. The molecule has 2 bridgehead atoms. The van der Waals surface area contributed by atoms with Gasteiger partial charge in [-0.25, -0.2) is 15.0 Å². The number of hydrogen-bond acceptors (Lipinski definition) is 9. The molecule has 0 aromatic carbocycles. The zero-order valence-electron chi connectivity index (χ0n) is 27.4. The highest BCUT2D eigenvalue weighted by atomic mass is 19.4. The predicted octanol–water partition coefficient (Wildman–Crippen LogP) is 4.95. The van der Waals surface area contributed by atoms with Crippen LogP contribution in [0.3, 0.4) is 0 Å². The quantitative estimate of drug-likeness (QED) is 0.298. The molecule has 0 radical (unpaired) electrons. The largest absolute Gasteiger partial charge is 0.433 e. The maximum absolute atomic E-state index is 14.4. The first-order chi connectivity index (χ1) is 24.0. The van der Waals surface area contributed by atoms with Crippen molar-refractivity contribution in [1.29, 1.82) is 0 Å². The zero-order valence-corrected chi connectivity index (χ0v) is 27.4. The number of piperidine rings is 1. The Bertz CT molecular complexity index is 2070. The van der Waals surface area contributed by atoms with Crippen LogP contribution in [0.25, 0.3) is 22.2 Å². The first-order valence-corrected chi connectivity index (χ1v) is 16.6. The van der Waals surface area contributed by atoms with Crippen molar-refractivity contribution in [2.24, 2.45) is 10.4 Å². The summed E-state index contributed by atoms with van der Waals surface area (Å²) in [4.78, 5) is 51.6. The average Bonchev–Trinajstić information content (AvgIpc) is 3.99. The third kappa shape index (κ3) is 5.92. The molecule has 7 heterocycles. The molecule has 1 aliphatic carbocycles. The van der Waals surface area contributed by atoms with Crippen molar-refractivity contribution < 1.29 is 27.5 Å². The Balaban J connectivity index is 1.17. The van der Waals surface area contributed by atoms with Gasteiger partial charge in [-0.2, -0.15) is 18.3 Å². The number of allylic oxidation sites excluding steroid dienone is 1. The van der Waals surface area contributed by atoms with E-state index in [2.05, 4.69) is 31.3 Å². The number of nitrogens with zero attached hydrogens (tertiary/aromatic N) is 8. The zero-order chi connectivity index (χ0) is 34.8. The summed E-state index contributed by atoms with van der Waals surface area (Å²) in [5, 5.41) is 8.33. The second kappa shape index (κ2) is 12.1. The summed E-state index contributed by atoms with van der Waals surface area (Å²) in [6, 6.07) is 2.66. The number of halogens is 3.